The molecule has 120 valence electrons. The Labute approximate surface area is 145 Å². The molecule has 1 fully saturated rings. The number of rotatable bonds is 6. The van der Waals surface area contributed by atoms with Crippen molar-refractivity contribution in [3.05, 3.63) is 42.5 Å². The number of benzene rings is 1. The molecule has 0 bridgehead atoms. The number of nitrogens with one attached hydrogen (secondary N) is 1. The molecule has 1 aliphatic heterocycles. The first kappa shape index (κ1) is 20.8. The minimum atomic E-state index is 0. The molecule has 1 atom stereocenters. The summed E-state index contributed by atoms with van der Waals surface area (Å²) in [6.45, 7) is 8.36. The average molecular weight is 349 g/mol. The van der Waals surface area contributed by atoms with E-state index in [1.54, 1.807) is 11.8 Å². The van der Waals surface area contributed by atoms with Gasteiger partial charge in [-0.1, -0.05) is 18.2 Å². The summed E-state index contributed by atoms with van der Waals surface area (Å²) < 4.78 is 0. The molecule has 0 radical (unpaired) electrons. The topological polar surface area (TPSA) is 15.3 Å². The van der Waals surface area contributed by atoms with E-state index in [0.29, 0.717) is 6.04 Å². The zero-order valence-corrected chi connectivity index (χ0v) is 15.0. The van der Waals surface area contributed by atoms with Gasteiger partial charge in [0.25, 0.3) is 0 Å². The lowest BCUT2D eigenvalue weighted by Crippen LogP contribution is -2.45. The van der Waals surface area contributed by atoms with Crippen LogP contribution in [0.25, 0.3) is 0 Å². The van der Waals surface area contributed by atoms with Crippen molar-refractivity contribution in [2.24, 2.45) is 0 Å². The summed E-state index contributed by atoms with van der Waals surface area (Å²) in [5.74, 6) is 0. The molecule has 2 rings (SSSR count). The molecule has 0 spiro atoms. The van der Waals surface area contributed by atoms with Gasteiger partial charge in [-0.3, -0.25) is 4.90 Å². The van der Waals surface area contributed by atoms with Crippen LogP contribution in [-0.2, 0) is 0 Å². The molecule has 0 amide bonds. The Kier molecular flexibility index (Phi) is 11.3. The van der Waals surface area contributed by atoms with E-state index in [0.717, 1.165) is 32.6 Å². The fourth-order valence-electron chi connectivity index (χ4n) is 2.66. The Bertz CT molecular complexity index is 392. The molecule has 1 N–H and O–H groups in total. The molecule has 21 heavy (non-hydrogen) atoms. The number of halogens is 2. The number of thioether (sulfide) groups is 1. The molecule has 1 aromatic rings. The third-order valence-corrected chi connectivity index (χ3v) is 4.48. The third-order valence-electron chi connectivity index (χ3n) is 3.74. The number of nitrogens with zero attached hydrogens (tertiary/aromatic N) is 1. The highest BCUT2D eigenvalue weighted by Crippen LogP contribution is 2.27. The van der Waals surface area contributed by atoms with Gasteiger partial charge in [-0.25, -0.2) is 0 Å². The predicted octanol–water partition coefficient (Wildman–Crippen LogP) is 4.16. The lowest BCUT2D eigenvalue weighted by atomic mass is 9.99. The molecule has 1 aliphatic rings. The van der Waals surface area contributed by atoms with Crippen LogP contribution in [0.1, 0.15) is 24.4 Å². The third kappa shape index (κ3) is 6.21. The molecular formula is C16H26Cl2N2S. The molecule has 1 saturated heterocycles. The summed E-state index contributed by atoms with van der Waals surface area (Å²) in [7, 11) is 0. The van der Waals surface area contributed by atoms with E-state index in [2.05, 4.69) is 47.3 Å². The van der Waals surface area contributed by atoms with Crippen LogP contribution in [0.3, 0.4) is 0 Å². The molecule has 0 unspecified atom stereocenters. The smallest absolute Gasteiger partial charge is 0.0352 e. The predicted molar refractivity (Wildman–Crippen MR) is 99.3 cm³/mol. The highest BCUT2D eigenvalue weighted by Gasteiger charge is 2.21. The second-order valence-corrected chi connectivity index (χ2v) is 5.82. The van der Waals surface area contributed by atoms with Gasteiger partial charge in [-0.05, 0) is 36.8 Å². The first-order chi connectivity index (χ1) is 9.35. The van der Waals surface area contributed by atoms with Crippen molar-refractivity contribution in [3.63, 3.8) is 0 Å². The molecule has 1 heterocycles. The number of piperazine rings is 1. The van der Waals surface area contributed by atoms with E-state index >= 15 is 0 Å². The van der Waals surface area contributed by atoms with Crippen molar-refractivity contribution >= 4 is 36.6 Å². The van der Waals surface area contributed by atoms with Crippen LogP contribution in [0.5, 0.6) is 0 Å². The van der Waals surface area contributed by atoms with Gasteiger partial charge in [-0.2, -0.15) is 0 Å². The summed E-state index contributed by atoms with van der Waals surface area (Å²) >= 11 is 1.80. The zero-order chi connectivity index (χ0) is 13.5. The molecule has 0 aromatic heterocycles. The van der Waals surface area contributed by atoms with Crippen LogP contribution in [0.15, 0.2) is 41.8 Å². The van der Waals surface area contributed by atoms with Gasteiger partial charge in [0.2, 0.25) is 0 Å². The SMILES string of the molecule is C=CCC[C@@H](c1ccc(SC)cc1)N1CCNCC1.Cl.Cl. The monoisotopic (exact) mass is 348 g/mol. The van der Waals surface area contributed by atoms with E-state index in [-0.39, 0.29) is 24.8 Å². The van der Waals surface area contributed by atoms with Crippen molar-refractivity contribution < 1.29 is 0 Å². The van der Waals surface area contributed by atoms with Crippen LogP contribution in [0, 0.1) is 0 Å². The molecule has 5 heteroatoms. The van der Waals surface area contributed by atoms with Crippen molar-refractivity contribution in [2.75, 3.05) is 32.4 Å². The fourth-order valence-corrected chi connectivity index (χ4v) is 3.06. The van der Waals surface area contributed by atoms with Gasteiger partial charge in [0.15, 0.2) is 0 Å². The average Bonchev–Trinajstić information content (AvgIpc) is 2.49. The molecule has 2 nitrogen and oxygen atoms in total. The van der Waals surface area contributed by atoms with Gasteiger partial charge >= 0.3 is 0 Å². The number of hydrogen-bond acceptors (Lipinski definition) is 3. The van der Waals surface area contributed by atoms with Gasteiger partial charge < -0.3 is 5.32 Å². The van der Waals surface area contributed by atoms with Crippen molar-refractivity contribution in [3.8, 4) is 0 Å². The maximum atomic E-state index is 3.86. The minimum Gasteiger partial charge on any atom is -0.314 e. The van der Waals surface area contributed by atoms with E-state index in [4.69, 9.17) is 0 Å². The Hall–Kier alpha value is -0.190. The first-order valence-electron chi connectivity index (χ1n) is 7.04. The summed E-state index contributed by atoms with van der Waals surface area (Å²) in [6, 6.07) is 9.60. The Balaban J connectivity index is 0.00000200. The Morgan fingerprint density at radius 3 is 2.38 bits per heavy atom. The van der Waals surface area contributed by atoms with Crippen molar-refractivity contribution in [2.45, 2.75) is 23.8 Å². The summed E-state index contributed by atoms with van der Waals surface area (Å²) in [5.41, 5.74) is 1.45. The maximum Gasteiger partial charge on any atom is 0.0352 e. The normalized spacial score (nSPS) is 16.4. The van der Waals surface area contributed by atoms with Gasteiger partial charge in [0.1, 0.15) is 0 Å². The molecule has 0 saturated carbocycles. The number of hydrogen-bond donors (Lipinski definition) is 1. The largest absolute Gasteiger partial charge is 0.314 e. The maximum absolute atomic E-state index is 3.86. The lowest BCUT2D eigenvalue weighted by molar-refractivity contribution is 0.166. The van der Waals surface area contributed by atoms with Crippen LogP contribution in [-0.4, -0.2) is 37.3 Å². The Morgan fingerprint density at radius 2 is 1.86 bits per heavy atom. The van der Waals surface area contributed by atoms with Gasteiger partial charge in [0, 0.05) is 37.1 Å². The fraction of sp³-hybridized carbons (Fsp3) is 0.500. The van der Waals surface area contributed by atoms with Crippen LogP contribution < -0.4 is 5.32 Å². The molecule has 0 aliphatic carbocycles. The van der Waals surface area contributed by atoms with Crippen molar-refractivity contribution in [1.82, 2.24) is 10.2 Å². The molecular weight excluding hydrogens is 323 g/mol. The van der Waals surface area contributed by atoms with Crippen molar-refractivity contribution in [1.29, 1.82) is 0 Å². The second-order valence-electron chi connectivity index (χ2n) is 4.94. The zero-order valence-electron chi connectivity index (χ0n) is 12.6. The quantitative estimate of drug-likeness (QED) is 0.613. The van der Waals surface area contributed by atoms with Gasteiger partial charge in [-0.15, -0.1) is 43.2 Å². The van der Waals surface area contributed by atoms with E-state index in [9.17, 15) is 0 Å². The molecule has 1 aromatic carbocycles. The van der Waals surface area contributed by atoms with Crippen LogP contribution in [0.4, 0.5) is 0 Å². The van der Waals surface area contributed by atoms with Crippen LogP contribution in [0.2, 0.25) is 0 Å². The van der Waals surface area contributed by atoms with Gasteiger partial charge in [0.05, 0.1) is 0 Å². The highest BCUT2D eigenvalue weighted by atomic mass is 35.5. The minimum absolute atomic E-state index is 0. The summed E-state index contributed by atoms with van der Waals surface area (Å²) in [4.78, 5) is 3.94. The Morgan fingerprint density at radius 1 is 1.24 bits per heavy atom. The highest BCUT2D eigenvalue weighted by molar-refractivity contribution is 7.98. The lowest BCUT2D eigenvalue weighted by Gasteiger charge is -2.35. The van der Waals surface area contributed by atoms with Crippen LogP contribution >= 0.6 is 36.6 Å². The standard InChI is InChI=1S/C16H24N2S.2ClH/c1-3-4-5-16(18-12-10-17-11-13-18)14-6-8-15(19-2)9-7-14;;/h3,6-9,16-17H,1,4-5,10-13H2,2H3;2*1H/t16-;;/m0../s1. The second kappa shape index (κ2) is 11.4. The van der Waals surface area contributed by atoms with E-state index in [1.807, 2.05) is 6.08 Å². The van der Waals surface area contributed by atoms with E-state index in [1.165, 1.54) is 16.9 Å². The first-order valence-corrected chi connectivity index (χ1v) is 8.27. The number of allylic oxidation sites excluding steroid dienone is 1. The summed E-state index contributed by atoms with van der Waals surface area (Å²) in [5, 5.41) is 3.43. The van der Waals surface area contributed by atoms with E-state index < -0.39 is 0 Å². The summed E-state index contributed by atoms with van der Waals surface area (Å²) in [6.07, 6.45) is 6.41.